The van der Waals surface area contributed by atoms with Crippen LogP contribution in [0.2, 0.25) is 0 Å². The van der Waals surface area contributed by atoms with E-state index in [0.717, 1.165) is 28.7 Å². The van der Waals surface area contributed by atoms with E-state index in [4.69, 9.17) is 0 Å². The lowest BCUT2D eigenvalue weighted by Crippen LogP contribution is -2.20. The monoisotopic (exact) mass is 342 g/mol. The second-order valence-electron chi connectivity index (χ2n) is 6.15. The van der Waals surface area contributed by atoms with Crippen molar-refractivity contribution in [2.45, 2.75) is 26.2 Å². The van der Waals surface area contributed by atoms with E-state index in [-0.39, 0.29) is 17.1 Å². The quantitative estimate of drug-likeness (QED) is 0.886. The molecule has 1 aliphatic heterocycles. The lowest BCUT2D eigenvalue weighted by molar-refractivity contribution is 0.102. The zero-order valence-corrected chi connectivity index (χ0v) is 13.5. The minimum atomic E-state index is -2.68. The van der Waals surface area contributed by atoms with E-state index in [0.29, 0.717) is 11.4 Å². The minimum absolute atomic E-state index is 0.225. The first-order valence-corrected chi connectivity index (χ1v) is 7.98. The first kappa shape index (κ1) is 15.6. The number of carbonyl (C=O) groups excluding carboxylic acids is 1. The van der Waals surface area contributed by atoms with E-state index in [1.807, 2.05) is 19.1 Å². The number of allylic oxidation sites excluding steroid dienone is 3. The second kappa shape index (κ2) is 5.84. The first-order valence-electron chi connectivity index (χ1n) is 7.98. The Hall–Kier alpha value is -2.96. The third-order valence-corrected chi connectivity index (χ3v) is 4.22. The van der Waals surface area contributed by atoms with Crippen molar-refractivity contribution in [1.29, 1.82) is 0 Å². The van der Waals surface area contributed by atoms with E-state index in [9.17, 15) is 13.6 Å². The number of anilines is 2. The number of hydrogen-bond acceptors (Lipinski definition) is 3. The van der Waals surface area contributed by atoms with Crippen LogP contribution in [0.25, 0.3) is 5.70 Å². The maximum atomic E-state index is 13.4. The standard InChI is InChI=1S/C18H16F2N4O/c1-10-2-6-12(7-3-10)22-18(25)13-9-21-24-15(16(19)20)8-14(11-4-5-11)23-17(13)24/h2-3,6-9,16,23H,4-5H2,1H3,(H,22,25). The Labute approximate surface area is 143 Å². The number of fused-ring (bicyclic) bond motifs is 1. The van der Waals surface area contributed by atoms with Gasteiger partial charge in [0.25, 0.3) is 12.3 Å². The Morgan fingerprint density at radius 1 is 1.28 bits per heavy atom. The van der Waals surface area contributed by atoms with Gasteiger partial charge in [-0.15, -0.1) is 0 Å². The summed E-state index contributed by atoms with van der Waals surface area (Å²) in [5, 5.41) is 9.82. The third kappa shape index (κ3) is 2.93. The number of alkyl halides is 2. The normalized spacial score (nSPS) is 15.6. The van der Waals surface area contributed by atoms with Gasteiger partial charge in [-0.25, -0.2) is 13.5 Å². The zero-order chi connectivity index (χ0) is 17.6. The van der Waals surface area contributed by atoms with Crippen LogP contribution >= 0.6 is 0 Å². The van der Waals surface area contributed by atoms with Crippen LogP contribution in [0.1, 0.15) is 28.8 Å². The molecule has 0 unspecified atom stereocenters. The summed E-state index contributed by atoms with van der Waals surface area (Å²) in [6.07, 6.45) is 1.81. The lowest BCUT2D eigenvalue weighted by Gasteiger charge is -2.20. The molecule has 25 heavy (non-hydrogen) atoms. The van der Waals surface area contributed by atoms with Crippen LogP contribution < -0.4 is 10.6 Å². The average molecular weight is 342 g/mol. The summed E-state index contributed by atoms with van der Waals surface area (Å²) in [5.74, 6) is -0.120. The van der Waals surface area contributed by atoms with Crippen LogP contribution in [0.4, 0.5) is 20.3 Å². The highest BCUT2D eigenvalue weighted by Crippen LogP contribution is 2.38. The Balaban J connectivity index is 1.67. The van der Waals surface area contributed by atoms with Crippen molar-refractivity contribution in [2.24, 2.45) is 0 Å². The van der Waals surface area contributed by atoms with E-state index in [1.165, 1.54) is 12.3 Å². The fraction of sp³-hybridized carbons (Fsp3) is 0.222. The molecule has 1 saturated carbocycles. The first-order chi connectivity index (χ1) is 12.0. The van der Waals surface area contributed by atoms with Crippen molar-refractivity contribution >= 4 is 23.1 Å². The van der Waals surface area contributed by atoms with Crippen LogP contribution in [0.3, 0.4) is 0 Å². The smallest absolute Gasteiger partial charge is 0.280 e. The average Bonchev–Trinajstić information content (AvgIpc) is 3.35. The van der Waals surface area contributed by atoms with Crippen molar-refractivity contribution in [3.8, 4) is 0 Å². The number of aromatic nitrogens is 2. The number of nitrogens with one attached hydrogen (secondary N) is 2. The molecule has 2 N–H and O–H groups in total. The summed E-state index contributed by atoms with van der Waals surface area (Å²) in [5.41, 5.74) is 3.44. The summed E-state index contributed by atoms with van der Waals surface area (Å²) in [4.78, 5) is 12.6. The molecule has 4 rings (SSSR count). The fourth-order valence-electron chi connectivity index (χ4n) is 2.72. The molecule has 1 amide bonds. The van der Waals surface area contributed by atoms with E-state index in [2.05, 4.69) is 15.7 Å². The van der Waals surface area contributed by atoms with Gasteiger partial charge in [-0.1, -0.05) is 17.7 Å². The summed E-state index contributed by atoms with van der Waals surface area (Å²) < 4.78 is 27.8. The Morgan fingerprint density at radius 3 is 2.64 bits per heavy atom. The highest BCUT2D eigenvalue weighted by Gasteiger charge is 2.30. The number of hydrogen-bond donors (Lipinski definition) is 2. The molecule has 1 aromatic carbocycles. The van der Waals surface area contributed by atoms with Gasteiger partial charge in [0.05, 0.1) is 6.20 Å². The molecular weight excluding hydrogens is 326 g/mol. The molecule has 2 heterocycles. The van der Waals surface area contributed by atoms with E-state index in [1.54, 1.807) is 12.1 Å². The highest BCUT2D eigenvalue weighted by atomic mass is 19.3. The number of benzene rings is 1. The van der Waals surface area contributed by atoms with Crippen LogP contribution in [-0.4, -0.2) is 22.1 Å². The molecule has 5 nitrogen and oxygen atoms in total. The zero-order valence-electron chi connectivity index (χ0n) is 13.5. The SMILES string of the molecule is Cc1ccc(NC(=O)c2cnn3c2NC(=C2CC2)C=C3C(F)F)cc1. The largest absolute Gasteiger partial charge is 0.339 e. The lowest BCUT2D eigenvalue weighted by atomic mass is 10.2. The van der Waals surface area contributed by atoms with Gasteiger partial charge in [0.2, 0.25) is 0 Å². The summed E-state index contributed by atoms with van der Waals surface area (Å²) in [6, 6.07) is 7.35. The highest BCUT2D eigenvalue weighted by molar-refractivity contribution is 6.08. The number of nitrogens with zero attached hydrogens (tertiary/aromatic N) is 2. The summed E-state index contributed by atoms with van der Waals surface area (Å²) in [6.45, 7) is 1.95. The molecule has 1 fully saturated rings. The maximum Gasteiger partial charge on any atom is 0.280 e. The van der Waals surface area contributed by atoms with Gasteiger partial charge in [-0.2, -0.15) is 5.10 Å². The van der Waals surface area contributed by atoms with Crippen molar-refractivity contribution in [3.63, 3.8) is 0 Å². The Kier molecular flexibility index (Phi) is 3.63. The van der Waals surface area contributed by atoms with E-state index >= 15 is 0 Å². The van der Waals surface area contributed by atoms with Crippen LogP contribution in [0.5, 0.6) is 0 Å². The molecular formula is C18H16F2N4O. The molecule has 0 saturated heterocycles. The second-order valence-corrected chi connectivity index (χ2v) is 6.15. The summed E-state index contributed by atoms with van der Waals surface area (Å²) >= 11 is 0. The van der Waals surface area contributed by atoms with Crippen molar-refractivity contribution < 1.29 is 13.6 Å². The fourth-order valence-corrected chi connectivity index (χ4v) is 2.72. The number of rotatable bonds is 3. The van der Waals surface area contributed by atoms with Gasteiger partial charge in [0, 0.05) is 11.4 Å². The molecule has 2 aliphatic rings. The van der Waals surface area contributed by atoms with Gasteiger partial charge >= 0.3 is 0 Å². The van der Waals surface area contributed by atoms with Crippen molar-refractivity contribution in [1.82, 2.24) is 9.78 Å². The van der Waals surface area contributed by atoms with Crippen molar-refractivity contribution in [3.05, 3.63) is 58.9 Å². The Bertz CT molecular complexity index is 904. The number of halogens is 2. The molecule has 0 radical (unpaired) electrons. The molecule has 1 aliphatic carbocycles. The van der Waals surface area contributed by atoms with Crippen LogP contribution in [-0.2, 0) is 0 Å². The molecule has 7 heteroatoms. The molecule has 128 valence electrons. The molecule has 2 aromatic rings. The van der Waals surface area contributed by atoms with Crippen molar-refractivity contribution in [2.75, 3.05) is 10.6 Å². The van der Waals surface area contributed by atoms with Gasteiger partial charge in [-0.3, -0.25) is 4.79 Å². The Morgan fingerprint density at radius 2 is 2.00 bits per heavy atom. The van der Waals surface area contributed by atoms with Gasteiger partial charge in [0.15, 0.2) is 0 Å². The van der Waals surface area contributed by atoms with Gasteiger partial charge in [0.1, 0.15) is 17.1 Å². The van der Waals surface area contributed by atoms with Gasteiger partial charge < -0.3 is 10.6 Å². The number of carbonyl (C=O) groups is 1. The van der Waals surface area contributed by atoms with Crippen LogP contribution in [0.15, 0.2) is 47.8 Å². The maximum absolute atomic E-state index is 13.4. The predicted molar refractivity (Wildman–Crippen MR) is 91.5 cm³/mol. The van der Waals surface area contributed by atoms with E-state index < -0.39 is 12.3 Å². The topological polar surface area (TPSA) is 59.0 Å². The molecule has 1 aromatic heterocycles. The summed E-state index contributed by atoms with van der Waals surface area (Å²) in [7, 11) is 0. The molecule has 0 spiro atoms. The molecule has 0 bridgehead atoms. The molecule has 0 atom stereocenters. The minimum Gasteiger partial charge on any atom is -0.339 e. The number of amides is 1. The third-order valence-electron chi connectivity index (χ3n) is 4.22. The number of aryl methyl sites for hydroxylation is 1. The van der Waals surface area contributed by atoms with Gasteiger partial charge in [-0.05, 0) is 43.5 Å². The van der Waals surface area contributed by atoms with Crippen LogP contribution in [0, 0.1) is 6.92 Å². The predicted octanol–water partition coefficient (Wildman–Crippen LogP) is 4.02.